The molecule has 2 atom stereocenters. The van der Waals surface area contributed by atoms with E-state index in [1.807, 2.05) is 6.92 Å². The smallest absolute Gasteiger partial charge is 0.393 e. The molecule has 0 aliphatic rings. The molecular weight excluding hydrogens is 250 g/mol. The zero-order valence-corrected chi connectivity index (χ0v) is 13.4. The van der Waals surface area contributed by atoms with Gasteiger partial charge in [0.1, 0.15) is 0 Å². The number of aliphatic hydroxyl groups is 1. The summed E-state index contributed by atoms with van der Waals surface area (Å²) in [5.41, 5.74) is 0. The van der Waals surface area contributed by atoms with Crippen molar-refractivity contribution in [3.05, 3.63) is 0 Å². The first-order valence-corrected chi connectivity index (χ1v) is 8.58. The van der Waals surface area contributed by atoms with Crippen LogP contribution in [0.1, 0.15) is 33.6 Å². The van der Waals surface area contributed by atoms with Crippen LogP contribution in [-0.2, 0) is 13.3 Å². The number of aliphatic hydroxyl groups excluding tert-OH is 1. The molecule has 18 heavy (non-hydrogen) atoms. The average Bonchev–Trinajstić information content (AvgIpc) is 2.32. The summed E-state index contributed by atoms with van der Waals surface area (Å²) in [6.07, 6.45) is 1.45. The van der Waals surface area contributed by atoms with Crippen molar-refractivity contribution in [3.63, 3.8) is 0 Å². The Morgan fingerprint density at radius 3 is 2.28 bits per heavy atom. The molecule has 0 aromatic carbocycles. The summed E-state index contributed by atoms with van der Waals surface area (Å²) in [6.45, 7) is 7.32. The molecule has 0 aromatic rings. The third-order valence-electron chi connectivity index (χ3n) is 2.83. The number of hydrogen-bond acceptors (Lipinski definition) is 5. The maximum Gasteiger partial charge on any atom is 0.500 e. The fourth-order valence-corrected chi connectivity index (χ4v) is 3.95. The van der Waals surface area contributed by atoms with Gasteiger partial charge in [0.25, 0.3) is 0 Å². The van der Waals surface area contributed by atoms with E-state index < -0.39 is 8.80 Å². The van der Waals surface area contributed by atoms with Crippen molar-refractivity contribution in [1.82, 2.24) is 5.32 Å². The zero-order valence-electron chi connectivity index (χ0n) is 12.4. The van der Waals surface area contributed by atoms with Crippen LogP contribution in [0, 0.1) is 0 Å². The van der Waals surface area contributed by atoms with E-state index in [4.69, 9.17) is 13.3 Å². The lowest BCUT2D eigenvalue weighted by Crippen LogP contribution is -2.44. The summed E-state index contributed by atoms with van der Waals surface area (Å²) < 4.78 is 16.5. The van der Waals surface area contributed by atoms with Gasteiger partial charge >= 0.3 is 8.80 Å². The predicted molar refractivity (Wildman–Crippen MR) is 74.6 cm³/mol. The number of hydrogen-bond donors (Lipinski definition) is 2. The molecule has 0 aliphatic carbocycles. The van der Waals surface area contributed by atoms with Crippen LogP contribution in [0.2, 0.25) is 6.04 Å². The molecule has 2 unspecified atom stereocenters. The molecule has 110 valence electrons. The highest BCUT2D eigenvalue weighted by Crippen LogP contribution is 2.15. The second kappa shape index (κ2) is 9.88. The van der Waals surface area contributed by atoms with Crippen LogP contribution in [0.5, 0.6) is 0 Å². The van der Waals surface area contributed by atoms with E-state index in [1.54, 1.807) is 21.1 Å². The quantitative estimate of drug-likeness (QED) is 0.442. The Morgan fingerprint density at radius 2 is 1.83 bits per heavy atom. The molecule has 0 spiro atoms. The van der Waals surface area contributed by atoms with Gasteiger partial charge in [0.05, 0.1) is 6.10 Å². The third kappa shape index (κ3) is 7.45. The van der Waals surface area contributed by atoms with Crippen molar-refractivity contribution < 1.29 is 18.4 Å². The SMILES string of the molecule is CCO[Si](CCCNC(C)CC(C)O)(OC)OC. The van der Waals surface area contributed by atoms with E-state index in [9.17, 15) is 5.11 Å². The fourth-order valence-electron chi connectivity index (χ4n) is 1.95. The molecular formula is C12H29NO4Si. The van der Waals surface area contributed by atoms with Gasteiger partial charge in [-0.05, 0) is 40.2 Å². The standard InChI is InChI=1S/C12H29NO4Si/c1-6-17-18(15-4,16-5)9-7-8-13-11(2)10-12(3)14/h11-14H,6-10H2,1-5H3. The van der Waals surface area contributed by atoms with Crippen LogP contribution in [0.4, 0.5) is 0 Å². The van der Waals surface area contributed by atoms with Crippen LogP contribution < -0.4 is 5.32 Å². The monoisotopic (exact) mass is 279 g/mol. The highest BCUT2D eigenvalue weighted by atomic mass is 28.4. The third-order valence-corrected chi connectivity index (χ3v) is 5.77. The average molecular weight is 279 g/mol. The van der Waals surface area contributed by atoms with Crippen molar-refractivity contribution in [2.75, 3.05) is 27.4 Å². The molecule has 0 amide bonds. The Bertz CT molecular complexity index is 201. The van der Waals surface area contributed by atoms with Crippen molar-refractivity contribution in [3.8, 4) is 0 Å². The Hall–Kier alpha value is 0.0169. The van der Waals surface area contributed by atoms with Crippen molar-refractivity contribution >= 4 is 8.80 Å². The fraction of sp³-hybridized carbons (Fsp3) is 1.00. The molecule has 6 heteroatoms. The van der Waals surface area contributed by atoms with Gasteiger partial charge in [0.2, 0.25) is 0 Å². The largest absolute Gasteiger partial charge is 0.500 e. The summed E-state index contributed by atoms with van der Waals surface area (Å²) >= 11 is 0. The molecule has 0 aromatic heterocycles. The van der Waals surface area contributed by atoms with Crippen molar-refractivity contribution in [1.29, 1.82) is 0 Å². The second-order valence-corrected chi connectivity index (χ2v) is 7.54. The van der Waals surface area contributed by atoms with Crippen molar-refractivity contribution in [2.24, 2.45) is 0 Å². The molecule has 0 saturated heterocycles. The molecule has 0 rings (SSSR count). The summed E-state index contributed by atoms with van der Waals surface area (Å²) in [7, 11) is 0.859. The first-order valence-electron chi connectivity index (χ1n) is 6.65. The molecule has 0 fully saturated rings. The maximum atomic E-state index is 9.26. The lowest BCUT2D eigenvalue weighted by atomic mass is 10.1. The molecule has 0 bridgehead atoms. The van der Waals surface area contributed by atoms with E-state index in [2.05, 4.69) is 12.2 Å². The molecule has 0 heterocycles. The molecule has 0 saturated carbocycles. The Balaban J connectivity index is 3.86. The van der Waals surface area contributed by atoms with Gasteiger partial charge in [-0.1, -0.05) is 0 Å². The lowest BCUT2D eigenvalue weighted by Gasteiger charge is -2.26. The number of rotatable bonds is 11. The lowest BCUT2D eigenvalue weighted by molar-refractivity contribution is 0.103. The van der Waals surface area contributed by atoms with E-state index in [0.717, 1.165) is 25.4 Å². The Morgan fingerprint density at radius 1 is 1.22 bits per heavy atom. The van der Waals surface area contributed by atoms with Crippen molar-refractivity contribution in [2.45, 2.75) is 51.8 Å². The van der Waals surface area contributed by atoms with Crippen LogP contribution in [-0.4, -0.2) is 53.4 Å². The minimum Gasteiger partial charge on any atom is -0.393 e. The Labute approximate surface area is 112 Å². The predicted octanol–water partition coefficient (Wildman–Crippen LogP) is 1.39. The van der Waals surface area contributed by atoms with Gasteiger partial charge in [0.15, 0.2) is 0 Å². The minimum atomic E-state index is -2.44. The highest BCUT2D eigenvalue weighted by Gasteiger charge is 2.37. The first kappa shape index (κ1) is 18.0. The highest BCUT2D eigenvalue weighted by molar-refractivity contribution is 6.60. The summed E-state index contributed by atoms with van der Waals surface area (Å²) in [5, 5.41) is 12.6. The topological polar surface area (TPSA) is 60.0 Å². The van der Waals surface area contributed by atoms with E-state index in [0.29, 0.717) is 12.6 Å². The minimum absolute atomic E-state index is 0.262. The van der Waals surface area contributed by atoms with Crippen LogP contribution in [0.25, 0.3) is 0 Å². The van der Waals surface area contributed by atoms with Gasteiger partial charge in [0, 0.05) is 32.9 Å². The van der Waals surface area contributed by atoms with Crippen LogP contribution in [0.15, 0.2) is 0 Å². The summed E-state index contributed by atoms with van der Waals surface area (Å²) in [5.74, 6) is 0. The molecule has 0 radical (unpaired) electrons. The normalized spacial score (nSPS) is 15.7. The first-order chi connectivity index (χ1) is 8.49. The van der Waals surface area contributed by atoms with Gasteiger partial charge in [-0.15, -0.1) is 0 Å². The van der Waals surface area contributed by atoms with E-state index >= 15 is 0 Å². The van der Waals surface area contributed by atoms with Gasteiger partial charge in [-0.2, -0.15) is 0 Å². The zero-order chi connectivity index (χ0) is 14.0. The summed E-state index contributed by atoms with van der Waals surface area (Å²) in [4.78, 5) is 0. The maximum absolute atomic E-state index is 9.26. The Kier molecular flexibility index (Phi) is 9.89. The molecule has 2 N–H and O–H groups in total. The van der Waals surface area contributed by atoms with Crippen LogP contribution >= 0.6 is 0 Å². The molecule has 5 nitrogen and oxygen atoms in total. The van der Waals surface area contributed by atoms with E-state index in [-0.39, 0.29) is 6.10 Å². The second-order valence-electron chi connectivity index (χ2n) is 4.57. The molecule has 0 aliphatic heterocycles. The van der Waals surface area contributed by atoms with Gasteiger partial charge in [-0.25, -0.2) is 0 Å². The van der Waals surface area contributed by atoms with Gasteiger partial charge < -0.3 is 23.7 Å². The summed E-state index contributed by atoms with van der Waals surface area (Å²) in [6, 6.07) is 1.13. The van der Waals surface area contributed by atoms with Gasteiger partial charge in [-0.3, -0.25) is 0 Å². The van der Waals surface area contributed by atoms with Crippen LogP contribution in [0.3, 0.4) is 0 Å². The number of nitrogens with one attached hydrogen (secondary N) is 1. The van der Waals surface area contributed by atoms with E-state index in [1.165, 1.54) is 0 Å².